The Labute approximate surface area is 126 Å². The molecule has 1 aromatic rings. The number of pyridine rings is 1. The monoisotopic (exact) mass is 286 g/mol. The van der Waals surface area contributed by atoms with Gasteiger partial charge < -0.3 is 10.5 Å². The zero-order chi connectivity index (χ0) is 16.0. The van der Waals surface area contributed by atoms with Gasteiger partial charge in [0.15, 0.2) is 0 Å². The molecule has 21 heavy (non-hydrogen) atoms. The first kappa shape index (κ1) is 16.9. The third-order valence-electron chi connectivity index (χ3n) is 3.22. The van der Waals surface area contributed by atoms with Gasteiger partial charge in [0.2, 0.25) is 0 Å². The molecule has 0 saturated carbocycles. The molecule has 0 radical (unpaired) electrons. The molecular formula is C17H22N2O2. The molecule has 0 aliphatic carbocycles. The van der Waals surface area contributed by atoms with Crippen molar-refractivity contribution in [3.05, 3.63) is 60.0 Å². The maximum absolute atomic E-state index is 11.3. The van der Waals surface area contributed by atoms with Gasteiger partial charge in [0.05, 0.1) is 13.5 Å². The Morgan fingerprint density at radius 3 is 2.67 bits per heavy atom. The number of carbonyl (C=O) groups excluding carboxylic acids is 1. The van der Waals surface area contributed by atoms with E-state index in [4.69, 9.17) is 5.73 Å². The highest BCUT2D eigenvalue weighted by atomic mass is 16.5. The number of hydrogen-bond donors (Lipinski definition) is 1. The molecule has 1 aromatic heterocycles. The summed E-state index contributed by atoms with van der Waals surface area (Å²) >= 11 is 0. The minimum absolute atomic E-state index is 0.119. The van der Waals surface area contributed by atoms with E-state index in [-0.39, 0.29) is 12.4 Å². The van der Waals surface area contributed by atoms with Crippen LogP contribution in [0.2, 0.25) is 0 Å². The van der Waals surface area contributed by atoms with E-state index in [0.717, 1.165) is 27.8 Å². The van der Waals surface area contributed by atoms with E-state index in [1.807, 2.05) is 19.9 Å². The summed E-state index contributed by atoms with van der Waals surface area (Å²) in [4.78, 5) is 15.5. The first-order valence-electron chi connectivity index (χ1n) is 6.67. The van der Waals surface area contributed by atoms with Crippen LogP contribution >= 0.6 is 0 Å². The zero-order valence-electron chi connectivity index (χ0n) is 12.8. The standard InChI is InChI=1S/C17H22N2O2/c1-6-12(4)17(11(2)3)14-7-13(9-19-10-14)15(18)8-16(20)21-5/h6-7,9-10,15H,1-2,8,18H2,3-5H3/b17-12+. The van der Waals surface area contributed by atoms with Gasteiger partial charge in [-0.15, -0.1) is 0 Å². The quantitative estimate of drug-likeness (QED) is 0.644. The number of carbonyl (C=O) groups is 1. The van der Waals surface area contributed by atoms with Gasteiger partial charge in [0.25, 0.3) is 0 Å². The molecule has 0 aliphatic rings. The smallest absolute Gasteiger partial charge is 0.307 e. The summed E-state index contributed by atoms with van der Waals surface area (Å²) in [6.07, 6.45) is 5.32. The van der Waals surface area contributed by atoms with Crippen LogP contribution in [0.25, 0.3) is 5.57 Å². The minimum atomic E-state index is -0.444. The van der Waals surface area contributed by atoms with Gasteiger partial charge in [-0.1, -0.05) is 24.8 Å². The van der Waals surface area contributed by atoms with E-state index >= 15 is 0 Å². The number of hydrogen-bond acceptors (Lipinski definition) is 4. The first-order valence-corrected chi connectivity index (χ1v) is 6.67. The largest absolute Gasteiger partial charge is 0.469 e. The van der Waals surface area contributed by atoms with Crippen molar-refractivity contribution in [1.29, 1.82) is 0 Å². The second-order valence-electron chi connectivity index (χ2n) is 4.94. The average Bonchev–Trinajstić information content (AvgIpc) is 2.46. The maximum atomic E-state index is 11.3. The molecule has 1 unspecified atom stereocenters. The number of esters is 1. The molecule has 4 nitrogen and oxygen atoms in total. The van der Waals surface area contributed by atoms with Crippen molar-refractivity contribution in [3.63, 3.8) is 0 Å². The van der Waals surface area contributed by atoms with E-state index in [2.05, 4.69) is 22.9 Å². The second kappa shape index (κ2) is 7.55. The number of ether oxygens (including phenoxy) is 1. The Morgan fingerprint density at radius 2 is 2.14 bits per heavy atom. The normalized spacial score (nSPS) is 13.1. The van der Waals surface area contributed by atoms with Crippen LogP contribution in [-0.4, -0.2) is 18.1 Å². The highest BCUT2D eigenvalue weighted by molar-refractivity contribution is 5.81. The van der Waals surface area contributed by atoms with Crippen LogP contribution in [0.4, 0.5) is 0 Å². The van der Waals surface area contributed by atoms with Gasteiger partial charge in [-0.05, 0) is 36.6 Å². The molecule has 1 atom stereocenters. The van der Waals surface area contributed by atoms with Crippen molar-refractivity contribution in [2.75, 3.05) is 7.11 Å². The summed E-state index contributed by atoms with van der Waals surface area (Å²) in [5.74, 6) is -0.342. The predicted octanol–water partition coefficient (Wildman–Crippen LogP) is 3.18. The average molecular weight is 286 g/mol. The topological polar surface area (TPSA) is 65.2 Å². The molecule has 2 N–H and O–H groups in total. The Hall–Kier alpha value is -2.20. The van der Waals surface area contributed by atoms with Crippen molar-refractivity contribution in [1.82, 2.24) is 4.98 Å². The number of rotatable bonds is 6. The number of nitrogens with two attached hydrogens (primary N) is 1. The van der Waals surface area contributed by atoms with Gasteiger partial charge in [0, 0.05) is 24.0 Å². The third-order valence-corrected chi connectivity index (χ3v) is 3.22. The molecule has 112 valence electrons. The molecule has 0 aromatic carbocycles. The molecular weight excluding hydrogens is 264 g/mol. The van der Waals surface area contributed by atoms with Crippen molar-refractivity contribution in [2.24, 2.45) is 5.73 Å². The van der Waals surface area contributed by atoms with Crippen LogP contribution in [0.5, 0.6) is 0 Å². The minimum Gasteiger partial charge on any atom is -0.469 e. The molecule has 0 bridgehead atoms. The summed E-state index contributed by atoms with van der Waals surface area (Å²) < 4.78 is 4.64. The number of nitrogens with zero attached hydrogens (tertiary/aromatic N) is 1. The van der Waals surface area contributed by atoms with E-state index in [0.29, 0.717) is 0 Å². The zero-order valence-corrected chi connectivity index (χ0v) is 12.8. The number of allylic oxidation sites excluding steroid dienone is 4. The number of methoxy groups -OCH3 is 1. The summed E-state index contributed by atoms with van der Waals surface area (Å²) in [6.45, 7) is 11.7. The maximum Gasteiger partial charge on any atom is 0.307 e. The molecule has 1 heterocycles. The lowest BCUT2D eigenvalue weighted by Crippen LogP contribution is -2.16. The van der Waals surface area contributed by atoms with E-state index < -0.39 is 6.04 Å². The van der Waals surface area contributed by atoms with E-state index in [9.17, 15) is 4.79 Å². The Bertz CT molecular complexity index is 588. The first-order chi connectivity index (χ1) is 9.90. The molecule has 1 rings (SSSR count). The number of aromatic nitrogens is 1. The Morgan fingerprint density at radius 1 is 1.48 bits per heavy atom. The molecule has 0 spiro atoms. The van der Waals surface area contributed by atoms with Gasteiger partial charge in [-0.2, -0.15) is 0 Å². The van der Waals surface area contributed by atoms with Crippen molar-refractivity contribution in [2.45, 2.75) is 26.3 Å². The Kier molecular flexibility index (Phi) is 6.06. The van der Waals surface area contributed by atoms with Crippen LogP contribution in [0.3, 0.4) is 0 Å². The second-order valence-corrected chi connectivity index (χ2v) is 4.94. The van der Waals surface area contributed by atoms with E-state index in [1.54, 1.807) is 18.5 Å². The molecule has 0 amide bonds. The van der Waals surface area contributed by atoms with Crippen LogP contribution in [0, 0.1) is 0 Å². The third kappa shape index (κ3) is 4.39. The van der Waals surface area contributed by atoms with Gasteiger partial charge >= 0.3 is 5.97 Å². The van der Waals surface area contributed by atoms with Crippen LogP contribution in [0.1, 0.15) is 37.4 Å². The van der Waals surface area contributed by atoms with Crippen LogP contribution in [-0.2, 0) is 9.53 Å². The Balaban J connectivity index is 3.18. The predicted molar refractivity (Wildman–Crippen MR) is 85.4 cm³/mol. The fourth-order valence-corrected chi connectivity index (χ4v) is 2.09. The lowest BCUT2D eigenvalue weighted by atomic mass is 9.94. The SMILES string of the molecule is C=C/C(C)=C(\C(=C)C)c1cncc(C(N)CC(=O)OC)c1. The van der Waals surface area contributed by atoms with E-state index in [1.165, 1.54) is 7.11 Å². The fraction of sp³-hybridized carbons (Fsp3) is 0.294. The van der Waals surface area contributed by atoms with Crippen LogP contribution < -0.4 is 5.73 Å². The van der Waals surface area contributed by atoms with Crippen molar-refractivity contribution in [3.8, 4) is 0 Å². The molecule has 0 fully saturated rings. The summed E-state index contributed by atoms with van der Waals surface area (Å²) in [6, 6.07) is 1.48. The lowest BCUT2D eigenvalue weighted by molar-refractivity contribution is -0.141. The highest BCUT2D eigenvalue weighted by Crippen LogP contribution is 2.27. The van der Waals surface area contributed by atoms with Crippen LogP contribution in [0.15, 0.2) is 48.8 Å². The highest BCUT2D eigenvalue weighted by Gasteiger charge is 2.14. The van der Waals surface area contributed by atoms with Gasteiger partial charge in [-0.25, -0.2) is 0 Å². The van der Waals surface area contributed by atoms with Crippen molar-refractivity contribution >= 4 is 11.5 Å². The molecule has 0 saturated heterocycles. The summed E-state index contributed by atoms with van der Waals surface area (Å²) in [7, 11) is 1.35. The van der Waals surface area contributed by atoms with Gasteiger partial charge in [-0.3, -0.25) is 9.78 Å². The summed E-state index contributed by atoms with van der Waals surface area (Å²) in [5.41, 5.74) is 10.7. The molecule has 4 heteroatoms. The fourth-order valence-electron chi connectivity index (χ4n) is 2.09. The molecule has 0 aliphatic heterocycles. The van der Waals surface area contributed by atoms with Gasteiger partial charge in [0.1, 0.15) is 0 Å². The lowest BCUT2D eigenvalue weighted by Gasteiger charge is -2.14. The van der Waals surface area contributed by atoms with Crippen molar-refractivity contribution < 1.29 is 9.53 Å². The summed E-state index contributed by atoms with van der Waals surface area (Å²) in [5, 5.41) is 0.